The van der Waals surface area contributed by atoms with Gasteiger partial charge in [0.1, 0.15) is 11.5 Å². The predicted molar refractivity (Wildman–Crippen MR) is 132 cm³/mol. The van der Waals surface area contributed by atoms with Crippen LogP contribution in [-0.2, 0) is 19.9 Å². The maximum absolute atomic E-state index is 13.9. The number of likely N-dealkylation sites (tertiary alicyclic amines) is 1. The summed E-state index contributed by atoms with van der Waals surface area (Å²) in [6.45, 7) is 3.53. The molecule has 2 aromatic rings. The van der Waals surface area contributed by atoms with Crippen molar-refractivity contribution in [2.75, 3.05) is 45.7 Å². The summed E-state index contributed by atoms with van der Waals surface area (Å²) >= 11 is 0. The molecule has 8 nitrogen and oxygen atoms in total. The van der Waals surface area contributed by atoms with E-state index in [-0.39, 0.29) is 17.9 Å². The number of likely N-dealkylation sites (N-methyl/N-ethyl adjacent to an activating group) is 1. The highest BCUT2D eigenvalue weighted by atomic mass is 16.5. The number of ether oxygens (including phenoxy) is 1. The van der Waals surface area contributed by atoms with Crippen molar-refractivity contribution in [2.24, 2.45) is 0 Å². The van der Waals surface area contributed by atoms with Crippen LogP contribution in [0.2, 0.25) is 0 Å². The molecule has 1 fully saturated rings. The Balaban J connectivity index is 1.89. The summed E-state index contributed by atoms with van der Waals surface area (Å²) < 4.78 is 5.62. The number of aliphatic hydroxyl groups excluding tert-OH is 1. The molecule has 1 spiro atoms. The number of fused-ring (bicyclic) bond motifs is 2. The molecule has 35 heavy (non-hydrogen) atoms. The van der Waals surface area contributed by atoms with Crippen molar-refractivity contribution in [3.63, 3.8) is 0 Å². The fourth-order valence-corrected chi connectivity index (χ4v) is 4.94. The van der Waals surface area contributed by atoms with Crippen molar-refractivity contribution >= 4 is 29.0 Å². The Morgan fingerprint density at radius 2 is 1.74 bits per heavy atom. The van der Waals surface area contributed by atoms with Crippen LogP contribution in [0.15, 0.2) is 54.1 Å². The fourth-order valence-electron chi connectivity index (χ4n) is 4.94. The van der Waals surface area contributed by atoms with Gasteiger partial charge in [0.15, 0.2) is 5.54 Å². The van der Waals surface area contributed by atoms with E-state index < -0.39 is 23.1 Å². The summed E-state index contributed by atoms with van der Waals surface area (Å²) in [6.07, 6.45) is 1.45. The summed E-state index contributed by atoms with van der Waals surface area (Å²) in [5.41, 5.74) is -0.430. The first-order valence-corrected chi connectivity index (χ1v) is 11.9. The number of carbonyl (C=O) groups is 3. The average Bonchev–Trinajstić information content (AvgIpc) is 3.21. The summed E-state index contributed by atoms with van der Waals surface area (Å²) in [5.74, 6) is -1.80. The number of Topliss-reactive ketones (excluding diaryl/α,β-unsaturated/α-hetero) is 1. The smallest absolute Gasteiger partial charge is 0.296 e. The number of quaternary nitrogens is 1. The molecule has 0 unspecified atom stereocenters. The molecule has 2 aliphatic rings. The number of anilines is 1. The molecule has 0 saturated carbocycles. The number of carbonyl (C=O) groups excluding carboxylic acids is 3. The van der Waals surface area contributed by atoms with Crippen LogP contribution in [0.4, 0.5) is 5.69 Å². The summed E-state index contributed by atoms with van der Waals surface area (Å²) in [6, 6.07) is 13.8. The lowest BCUT2D eigenvalue weighted by molar-refractivity contribution is -0.858. The van der Waals surface area contributed by atoms with Crippen LogP contribution in [0.5, 0.6) is 5.75 Å². The molecule has 2 aliphatic heterocycles. The minimum atomic E-state index is -1.71. The van der Waals surface area contributed by atoms with E-state index in [1.165, 1.54) is 14.7 Å². The van der Waals surface area contributed by atoms with Crippen LogP contribution in [0.3, 0.4) is 0 Å². The number of rotatable bonds is 8. The van der Waals surface area contributed by atoms with Crippen molar-refractivity contribution in [1.82, 2.24) is 4.90 Å². The summed E-state index contributed by atoms with van der Waals surface area (Å²) in [7, 11) is 5.63. The van der Waals surface area contributed by atoms with Crippen LogP contribution in [0.1, 0.15) is 30.9 Å². The number of hydrogen-bond acceptors (Lipinski definition) is 5. The van der Waals surface area contributed by atoms with E-state index in [1.807, 2.05) is 21.0 Å². The van der Waals surface area contributed by atoms with Crippen molar-refractivity contribution in [2.45, 2.75) is 25.3 Å². The monoisotopic (exact) mass is 478 g/mol. The van der Waals surface area contributed by atoms with Gasteiger partial charge in [-0.15, -0.1) is 0 Å². The van der Waals surface area contributed by atoms with Crippen molar-refractivity contribution in [3.8, 4) is 5.75 Å². The summed E-state index contributed by atoms with van der Waals surface area (Å²) in [5, 5.41) is 11.4. The SMILES string of the molecule is CCCOc1ccc(C(O)=C2C(=O)C(=O)N(CCC[NH+](C)C)[C@]23C(=O)N(C)c2ccccc23)cc1. The lowest BCUT2D eigenvalue weighted by Gasteiger charge is -2.34. The van der Waals surface area contributed by atoms with E-state index in [9.17, 15) is 19.5 Å². The van der Waals surface area contributed by atoms with Crippen molar-refractivity contribution in [3.05, 3.63) is 65.2 Å². The van der Waals surface area contributed by atoms with Gasteiger partial charge in [0.25, 0.3) is 17.6 Å². The molecule has 2 aromatic carbocycles. The zero-order valence-corrected chi connectivity index (χ0v) is 20.6. The standard InChI is InChI=1S/C27H31N3O5/c1-5-17-35-19-13-11-18(12-14-19)23(31)22-24(32)25(33)30(16-8-15-28(2)3)27(22)20-9-6-7-10-21(20)29(4)26(27)34/h6-7,9-14,31H,5,8,15-17H2,1-4H3/p+1/t27-/m0/s1. The maximum Gasteiger partial charge on any atom is 0.296 e. The fraction of sp³-hybridized carbons (Fsp3) is 0.370. The highest BCUT2D eigenvalue weighted by Gasteiger charge is 2.66. The van der Waals surface area contributed by atoms with Crippen LogP contribution in [-0.4, -0.2) is 68.4 Å². The third-order valence-electron chi connectivity index (χ3n) is 6.60. The normalized spacial score (nSPS) is 20.9. The van der Waals surface area contributed by atoms with E-state index in [1.54, 1.807) is 55.6 Å². The number of ketones is 1. The number of nitrogens with one attached hydrogen (secondary N) is 1. The van der Waals surface area contributed by atoms with Gasteiger partial charge in [0.05, 0.1) is 32.8 Å². The Morgan fingerprint density at radius 3 is 2.40 bits per heavy atom. The first-order chi connectivity index (χ1) is 16.7. The largest absolute Gasteiger partial charge is 0.507 e. The van der Waals surface area contributed by atoms with Gasteiger partial charge in [-0.05, 0) is 36.8 Å². The Labute approximate surface area is 205 Å². The highest BCUT2D eigenvalue weighted by Crippen LogP contribution is 2.53. The van der Waals surface area contributed by atoms with Gasteiger partial charge in [-0.3, -0.25) is 14.4 Å². The van der Waals surface area contributed by atoms with Gasteiger partial charge >= 0.3 is 0 Å². The molecule has 0 aromatic heterocycles. The second-order valence-corrected chi connectivity index (χ2v) is 9.28. The molecular formula is C27H32N3O5+. The second-order valence-electron chi connectivity index (χ2n) is 9.28. The van der Waals surface area contributed by atoms with E-state index in [0.717, 1.165) is 13.0 Å². The third-order valence-corrected chi connectivity index (χ3v) is 6.60. The Morgan fingerprint density at radius 1 is 1.06 bits per heavy atom. The van der Waals surface area contributed by atoms with Gasteiger partial charge < -0.3 is 24.5 Å². The van der Waals surface area contributed by atoms with Gasteiger partial charge in [-0.25, -0.2) is 0 Å². The van der Waals surface area contributed by atoms with E-state index in [4.69, 9.17) is 4.74 Å². The number of benzene rings is 2. The topological polar surface area (TPSA) is 91.6 Å². The number of aliphatic hydroxyl groups is 1. The zero-order valence-electron chi connectivity index (χ0n) is 20.6. The maximum atomic E-state index is 13.9. The molecule has 0 radical (unpaired) electrons. The molecule has 184 valence electrons. The second kappa shape index (κ2) is 9.54. The number of amides is 2. The van der Waals surface area contributed by atoms with Gasteiger partial charge in [0.2, 0.25) is 0 Å². The molecule has 2 amide bonds. The van der Waals surface area contributed by atoms with Crippen molar-refractivity contribution in [1.29, 1.82) is 0 Å². The van der Waals surface area contributed by atoms with Gasteiger partial charge in [-0.2, -0.15) is 0 Å². The number of nitrogens with zero attached hydrogens (tertiary/aromatic N) is 2. The quantitative estimate of drug-likeness (QED) is 0.341. The lowest BCUT2D eigenvalue weighted by Crippen LogP contribution is -3.05. The number of hydrogen-bond donors (Lipinski definition) is 2. The van der Waals surface area contributed by atoms with Crippen LogP contribution < -0.4 is 14.5 Å². The highest BCUT2D eigenvalue weighted by molar-refractivity contribution is 6.50. The van der Waals surface area contributed by atoms with E-state index >= 15 is 0 Å². The zero-order chi connectivity index (χ0) is 25.3. The van der Waals surface area contributed by atoms with Crippen LogP contribution >= 0.6 is 0 Å². The first kappa shape index (κ1) is 24.5. The average molecular weight is 479 g/mol. The molecule has 8 heteroatoms. The minimum absolute atomic E-state index is 0.191. The predicted octanol–water partition coefficient (Wildman–Crippen LogP) is 1.56. The van der Waals surface area contributed by atoms with Crippen LogP contribution in [0, 0.1) is 0 Å². The molecule has 1 saturated heterocycles. The molecule has 0 bridgehead atoms. The molecule has 1 atom stereocenters. The Bertz CT molecular complexity index is 1190. The Kier molecular flexibility index (Phi) is 6.67. The molecule has 2 N–H and O–H groups in total. The summed E-state index contributed by atoms with van der Waals surface area (Å²) in [4.78, 5) is 44.7. The lowest BCUT2D eigenvalue weighted by atomic mass is 9.82. The van der Waals surface area contributed by atoms with E-state index in [0.29, 0.717) is 35.6 Å². The van der Waals surface area contributed by atoms with Crippen LogP contribution in [0.25, 0.3) is 5.76 Å². The van der Waals surface area contributed by atoms with E-state index in [2.05, 4.69) is 0 Å². The molecule has 2 heterocycles. The third kappa shape index (κ3) is 3.87. The molecular weight excluding hydrogens is 446 g/mol. The molecule has 0 aliphatic carbocycles. The number of para-hydroxylation sites is 1. The van der Waals surface area contributed by atoms with Crippen molar-refractivity contribution < 1.29 is 29.1 Å². The molecule has 4 rings (SSSR count). The van der Waals surface area contributed by atoms with Gasteiger partial charge in [-0.1, -0.05) is 25.1 Å². The van der Waals surface area contributed by atoms with Gasteiger partial charge in [0, 0.05) is 36.8 Å². The first-order valence-electron chi connectivity index (χ1n) is 11.9. The Hall–Kier alpha value is -3.65. The minimum Gasteiger partial charge on any atom is -0.507 e.